The molecule has 0 aliphatic carbocycles. The van der Waals surface area contributed by atoms with E-state index in [2.05, 4.69) is 5.32 Å². The van der Waals surface area contributed by atoms with E-state index in [1.165, 1.54) is 0 Å². The van der Waals surface area contributed by atoms with Crippen LogP contribution in [-0.4, -0.2) is 43.1 Å². The molecule has 1 aliphatic heterocycles. The highest BCUT2D eigenvalue weighted by Crippen LogP contribution is 2.26. The molecule has 1 aliphatic rings. The number of nitrogens with one attached hydrogen (secondary N) is 1. The quantitative estimate of drug-likeness (QED) is 0.427. The van der Waals surface area contributed by atoms with Crippen LogP contribution >= 0.6 is 0 Å². The van der Waals surface area contributed by atoms with Crippen molar-refractivity contribution in [2.45, 2.75) is 44.4 Å². The van der Waals surface area contributed by atoms with Gasteiger partial charge in [-0.3, -0.25) is 9.59 Å². The summed E-state index contributed by atoms with van der Waals surface area (Å²) in [5.74, 6) is 0.476. The fourth-order valence-corrected chi connectivity index (χ4v) is 4.52. The molecule has 4 rings (SSSR count). The Balaban J connectivity index is 1.60. The normalized spacial score (nSPS) is 15.8. The second kappa shape index (κ2) is 12.9. The van der Waals surface area contributed by atoms with Crippen LogP contribution < -0.4 is 10.1 Å². The second-order valence-corrected chi connectivity index (χ2v) is 9.05. The summed E-state index contributed by atoms with van der Waals surface area (Å²) in [7, 11) is 1.62. The maximum Gasteiger partial charge on any atom is 0.247 e. The third-order valence-corrected chi connectivity index (χ3v) is 6.51. The summed E-state index contributed by atoms with van der Waals surface area (Å²) < 4.78 is 11.0. The van der Waals surface area contributed by atoms with E-state index < -0.39 is 6.04 Å². The second-order valence-electron chi connectivity index (χ2n) is 9.05. The van der Waals surface area contributed by atoms with E-state index >= 15 is 0 Å². The van der Waals surface area contributed by atoms with Crippen LogP contribution in [-0.2, 0) is 27.3 Å². The van der Waals surface area contributed by atoms with Crippen LogP contribution in [0, 0.1) is 0 Å². The first kappa shape index (κ1) is 25.5. The van der Waals surface area contributed by atoms with Crippen LogP contribution in [0.5, 0.6) is 5.75 Å². The lowest BCUT2D eigenvalue weighted by atomic mass is 10.0. The fourth-order valence-electron chi connectivity index (χ4n) is 4.52. The summed E-state index contributed by atoms with van der Waals surface area (Å²) in [5, 5.41) is 3.06. The van der Waals surface area contributed by atoms with Gasteiger partial charge in [-0.15, -0.1) is 0 Å². The number of carbonyl (C=O) groups is 2. The van der Waals surface area contributed by atoms with E-state index in [4.69, 9.17) is 9.47 Å². The van der Waals surface area contributed by atoms with E-state index in [0.717, 1.165) is 41.9 Å². The Hall–Kier alpha value is -3.64. The monoisotopic (exact) mass is 486 g/mol. The molecule has 0 spiro atoms. The number of aryl methyl sites for hydroxylation is 1. The molecule has 188 valence electrons. The summed E-state index contributed by atoms with van der Waals surface area (Å²) in [4.78, 5) is 29.1. The first-order valence-corrected chi connectivity index (χ1v) is 12.5. The first-order valence-electron chi connectivity index (χ1n) is 12.5. The third kappa shape index (κ3) is 6.95. The van der Waals surface area contributed by atoms with Gasteiger partial charge in [-0.1, -0.05) is 72.8 Å². The first-order chi connectivity index (χ1) is 17.6. The Kier molecular flexibility index (Phi) is 9.11. The van der Waals surface area contributed by atoms with Gasteiger partial charge in [-0.05, 0) is 48.1 Å². The van der Waals surface area contributed by atoms with Crippen molar-refractivity contribution in [1.29, 1.82) is 0 Å². The molecule has 2 atom stereocenters. The Morgan fingerprint density at radius 2 is 1.67 bits per heavy atom. The molecule has 3 aromatic rings. The average molecular weight is 487 g/mol. The van der Waals surface area contributed by atoms with Crippen molar-refractivity contribution >= 4 is 11.8 Å². The summed E-state index contributed by atoms with van der Waals surface area (Å²) in [6.07, 6.45) is 2.88. The average Bonchev–Trinajstić information content (AvgIpc) is 3.45. The predicted octanol–water partition coefficient (Wildman–Crippen LogP) is 4.69. The highest BCUT2D eigenvalue weighted by molar-refractivity contribution is 5.88. The van der Waals surface area contributed by atoms with E-state index in [0.29, 0.717) is 25.9 Å². The number of methoxy groups -OCH3 is 1. The zero-order chi connectivity index (χ0) is 25.2. The predicted molar refractivity (Wildman–Crippen MR) is 139 cm³/mol. The number of ether oxygens (including phenoxy) is 2. The summed E-state index contributed by atoms with van der Waals surface area (Å²) >= 11 is 0. The number of nitrogens with zero attached hydrogens (tertiary/aromatic N) is 1. The van der Waals surface area contributed by atoms with E-state index in [1.807, 2.05) is 84.9 Å². The minimum Gasteiger partial charge on any atom is -0.497 e. The van der Waals surface area contributed by atoms with Crippen molar-refractivity contribution in [2.24, 2.45) is 0 Å². The van der Waals surface area contributed by atoms with Crippen LogP contribution in [0.1, 0.15) is 42.0 Å². The Labute approximate surface area is 213 Å². The minimum absolute atomic E-state index is 0.0224. The molecule has 3 aromatic carbocycles. The van der Waals surface area contributed by atoms with Crippen LogP contribution in [0.2, 0.25) is 0 Å². The van der Waals surface area contributed by atoms with Crippen molar-refractivity contribution in [3.63, 3.8) is 0 Å². The van der Waals surface area contributed by atoms with Crippen molar-refractivity contribution in [1.82, 2.24) is 10.2 Å². The maximum atomic E-state index is 13.7. The maximum absolute atomic E-state index is 13.7. The topological polar surface area (TPSA) is 67.9 Å². The summed E-state index contributed by atoms with van der Waals surface area (Å²) in [6, 6.07) is 26.3. The molecule has 6 nitrogen and oxygen atoms in total. The molecular formula is C30H34N2O4. The van der Waals surface area contributed by atoms with Crippen molar-refractivity contribution in [2.75, 3.05) is 20.3 Å². The molecule has 0 radical (unpaired) electrons. The SMILES string of the molecule is COc1ccc(CN(C(=O)CCc2ccccc2)[C@@H](C(=O)NC[C@H]2CCCO2)c2ccccc2)cc1. The Bertz CT molecular complexity index is 1100. The molecule has 0 unspecified atom stereocenters. The van der Waals surface area contributed by atoms with Crippen LogP contribution in [0.3, 0.4) is 0 Å². The molecule has 0 bridgehead atoms. The molecule has 1 saturated heterocycles. The van der Waals surface area contributed by atoms with E-state index in [-0.39, 0.29) is 17.9 Å². The van der Waals surface area contributed by atoms with Gasteiger partial charge in [-0.2, -0.15) is 0 Å². The van der Waals surface area contributed by atoms with Gasteiger partial charge in [0.25, 0.3) is 0 Å². The van der Waals surface area contributed by atoms with Gasteiger partial charge in [0, 0.05) is 26.1 Å². The van der Waals surface area contributed by atoms with Gasteiger partial charge in [0.2, 0.25) is 11.8 Å². The number of hydrogen-bond acceptors (Lipinski definition) is 4. The molecule has 36 heavy (non-hydrogen) atoms. The van der Waals surface area contributed by atoms with Gasteiger partial charge in [-0.25, -0.2) is 0 Å². The molecule has 0 saturated carbocycles. The minimum atomic E-state index is -0.752. The van der Waals surface area contributed by atoms with Crippen LogP contribution in [0.4, 0.5) is 0 Å². The lowest BCUT2D eigenvalue weighted by Crippen LogP contribution is -2.45. The molecule has 1 heterocycles. The van der Waals surface area contributed by atoms with Gasteiger partial charge in [0.15, 0.2) is 0 Å². The lowest BCUT2D eigenvalue weighted by Gasteiger charge is -2.32. The highest BCUT2D eigenvalue weighted by Gasteiger charge is 2.32. The largest absolute Gasteiger partial charge is 0.497 e. The van der Waals surface area contributed by atoms with E-state index in [1.54, 1.807) is 12.0 Å². The number of benzene rings is 3. The number of carbonyl (C=O) groups excluding carboxylic acids is 2. The zero-order valence-corrected chi connectivity index (χ0v) is 20.8. The van der Waals surface area contributed by atoms with Crippen LogP contribution in [0.15, 0.2) is 84.9 Å². The number of rotatable bonds is 11. The number of hydrogen-bond donors (Lipinski definition) is 1. The Morgan fingerprint density at radius 1 is 0.972 bits per heavy atom. The van der Waals surface area contributed by atoms with Crippen molar-refractivity contribution in [3.05, 3.63) is 102 Å². The van der Waals surface area contributed by atoms with Gasteiger partial charge in [0.05, 0.1) is 13.2 Å². The molecule has 6 heteroatoms. The van der Waals surface area contributed by atoms with Gasteiger partial charge < -0.3 is 19.7 Å². The molecular weight excluding hydrogens is 452 g/mol. The van der Waals surface area contributed by atoms with Crippen LogP contribution in [0.25, 0.3) is 0 Å². The lowest BCUT2D eigenvalue weighted by molar-refractivity contribution is -0.141. The number of amides is 2. The molecule has 0 aromatic heterocycles. The summed E-state index contributed by atoms with van der Waals surface area (Å²) in [6.45, 7) is 1.48. The van der Waals surface area contributed by atoms with Gasteiger partial charge >= 0.3 is 0 Å². The fraction of sp³-hybridized carbons (Fsp3) is 0.333. The van der Waals surface area contributed by atoms with Crippen molar-refractivity contribution in [3.8, 4) is 5.75 Å². The smallest absolute Gasteiger partial charge is 0.247 e. The standard InChI is InChI=1S/C30H34N2O4/c1-35-26-17-14-24(15-18-26)22-32(28(33)19-16-23-9-4-2-5-10-23)29(25-11-6-3-7-12-25)30(34)31-21-27-13-8-20-36-27/h2-7,9-12,14-15,17-18,27,29H,8,13,16,19-22H2,1H3,(H,31,34)/t27-,29-/m1/s1. The zero-order valence-electron chi connectivity index (χ0n) is 20.8. The summed E-state index contributed by atoms with van der Waals surface area (Å²) in [5.41, 5.74) is 2.80. The molecule has 1 N–H and O–H groups in total. The molecule has 1 fully saturated rings. The Morgan fingerprint density at radius 3 is 2.31 bits per heavy atom. The molecule has 2 amide bonds. The highest BCUT2D eigenvalue weighted by atomic mass is 16.5. The van der Waals surface area contributed by atoms with Crippen molar-refractivity contribution < 1.29 is 19.1 Å². The van der Waals surface area contributed by atoms with Gasteiger partial charge in [0.1, 0.15) is 11.8 Å². The third-order valence-electron chi connectivity index (χ3n) is 6.51. The van der Waals surface area contributed by atoms with E-state index in [9.17, 15) is 9.59 Å².